The second-order valence-electron chi connectivity index (χ2n) is 5.54. The zero-order valence-corrected chi connectivity index (χ0v) is 14.7. The van der Waals surface area contributed by atoms with Crippen LogP contribution < -0.4 is 11.1 Å². The molecule has 0 aliphatic heterocycles. The minimum Gasteiger partial charge on any atom is -0.380 e. The summed E-state index contributed by atoms with van der Waals surface area (Å²) in [5, 5.41) is 3.30. The first-order valence-electron chi connectivity index (χ1n) is 7.32. The Kier molecular flexibility index (Phi) is 11.7. The van der Waals surface area contributed by atoms with Crippen molar-refractivity contribution >= 4 is 29.9 Å². The van der Waals surface area contributed by atoms with Crippen LogP contribution in [0, 0.1) is 5.92 Å². The van der Waals surface area contributed by atoms with Gasteiger partial charge >= 0.3 is 0 Å². The second kappa shape index (κ2) is 11.8. The Morgan fingerprint density at radius 1 is 1.26 bits per heavy atom. The third-order valence-electron chi connectivity index (χ3n) is 3.31. The summed E-state index contributed by atoms with van der Waals surface area (Å²) in [5.74, 6) is 1.28. The molecule has 1 saturated carbocycles. The van der Waals surface area contributed by atoms with E-state index < -0.39 is 0 Å². The summed E-state index contributed by atoms with van der Waals surface area (Å²) in [6, 6.07) is 0.532. The van der Waals surface area contributed by atoms with Crippen molar-refractivity contribution in [3.63, 3.8) is 0 Å². The molecule has 1 rings (SSSR count). The number of aliphatic imine (C=N–C) groups is 1. The number of nitrogens with zero attached hydrogens (tertiary/aromatic N) is 1. The SMILES string of the molecule is CC(C)CCOCCN=C(N)NC1CCCCC1.I. The number of nitrogens with two attached hydrogens (primary N) is 1. The summed E-state index contributed by atoms with van der Waals surface area (Å²) < 4.78 is 5.49. The fourth-order valence-electron chi connectivity index (χ4n) is 2.15. The van der Waals surface area contributed by atoms with Gasteiger partial charge in [-0.3, -0.25) is 4.99 Å². The van der Waals surface area contributed by atoms with E-state index in [0.29, 0.717) is 31.1 Å². The molecule has 0 spiro atoms. The van der Waals surface area contributed by atoms with E-state index in [9.17, 15) is 0 Å². The fraction of sp³-hybridized carbons (Fsp3) is 0.929. The lowest BCUT2D eigenvalue weighted by atomic mass is 9.96. The molecule has 3 N–H and O–H groups in total. The van der Waals surface area contributed by atoms with E-state index in [-0.39, 0.29) is 24.0 Å². The van der Waals surface area contributed by atoms with Crippen LogP contribution in [0.4, 0.5) is 0 Å². The highest BCUT2D eigenvalue weighted by molar-refractivity contribution is 14.0. The maximum Gasteiger partial charge on any atom is 0.188 e. The van der Waals surface area contributed by atoms with Crippen molar-refractivity contribution in [2.45, 2.75) is 58.4 Å². The fourth-order valence-corrected chi connectivity index (χ4v) is 2.15. The summed E-state index contributed by atoms with van der Waals surface area (Å²) in [7, 11) is 0. The van der Waals surface area contributed by atoms with Crippen LogP contribution in [-0.4, -0.2) is 31.8 Å². The molecule has 0 bridgehead atoms. The Hall–Kier alpha value is -0.0400. The Labute approximate surface area is 135 Å². The van der Waals surface area contributed by atoms with Gasteiger partial charge in [-0.25, -0.2) is 0 Å². The predicted octanol–water partition coefficient (Wildman–Crippen LogP) is 2.90. The van der Waals surface area contributed by atoms with Gasteiger partial charge in [0.1, 0.15) is 0 Å². The van der Waals surface area contributed by atoms with Gasteiger partial charge in [0.05, 0.1) is 13.2 Å². The summed E-state index contributed by atoms with van der Waals surface area (Å²) in [5.41, 5.74) is 5.85. The summed E-state index contributed by atoms with van der Waals surface area (Å²) in [4.78, 5) is 4.29. The lowest BCUT2D eigenvalue weighted by molar-refractivity contribution is 0.130. The Balaban J connectivity index is 0.00000324. The van der Waals surface area contributed by atoms with E-state index in [1.165, 1.54) is 32.1 Å². The highest BCUT2D eigenvalue weighted by Gasteiger charge is 2.12. The van der Waals surface area contributed by atoms with Crippen molar-refractivity contribution in [3.8, 4) is 0 Å². The van der Waals surface area contributed by atoms with E-state index in [0.717, 1.165) is 13.0 Å². The number of hydrogen-bond acceptors (Lipinski definition) is 2. The minimum atomic E-state index is 0. The largest absolute Gasteiger partial charge is 0.380 e. The zero-order chi connectivity index (χ0) is 13.2. The van der Waals surface area contributed by atoms with Crippen LogP contribution in [0.15, 0.2) is 4.99 Å². The molecule has 0 amide bonds. The molecular weight excluding hydrogens is 353 g/mol. The van der Waals surface area contributed by atoms with Crippen LogP contribution in [0.2, 0.25) is 0 Å². The topological polar surface area (TPSA) is 59.6 Å². The highest BCUT2D eigenvalue weighted by Crippen LogP contribution is 2.16. The van der Waals surface area contributed by atoms with Gasteiger partial charge in [0.25, 0.3) is 0 Å². The lowest BCUT2D eigenvalue weighted by Crippen LogP contribution is -2.41. The maximum atomic E-state index is 5.85. The van der Waals surface area contributed by atoms with Crippen LogP contribution >= 0.6 is 24.0 Å². The highest BCUT2D eigenvalue weighted by atomic mass is 127. The molecule has 1 aliphatic rings. The van der Waals surface area contributed by atoms with Crippen molar-refractivity contribution in [2.24, 2.45) is 16.6 Å². The van der Waals surface area contributed by atoms with Crippen molar-refractivity contribution in [1.29, 1.82) is 0 Å². The normalized spacial score (nSPS) is 17.3. The summed E-state index contributed by atoms with van der Waals surface area (Å²) in [6.45, 7) is 6.55. The van der Waals surface area contributed by atoms with Gasteiger partial charge < -0.3 is 15.8 Å². The first kappa shape index (κ1) is 19.0. The molecule has 0 heterocycles. The van der Waals surface area contributed by atoms with E-state index in [2.05, 4.69) is 24.2 Å². The number of rotatable bonds is 7. The molecular formula is C14H30IN3O. The van der Waals surface area contributed by atoms with Crippen LogP contribution in [0.25, 0.3) is 0 Å². The van der Waals surface area contributed by atoms with E-state index >= 15 is 0 Å². The number of ether oxygens (including phenoxy) is 1. The molecule has 0 radical (unpaired) electrons. The molecule has 19 heavy (non-hydrogen) atoms. The van der Waals surface area contributed by atoms with Crippen molar-refractivity contribution in [3.05, 3.63) is 0 Å². The van der Waals surface area contributed by atoms with E-state index in [1.807, 2.05) is 0 Å². The summed E-state index contributed by atoms with van der Waals surface area (Å²) in [6.07, 6.45) is 7.53. The van der Waals surface area contributed by atoms with Crippen LogP contribution in [0.5, 0.6) is 0 Å². The smallest absolute Gasteiger partial charge is 0.188 e. The molecule has 0 unspecified atom stereocenters. The van der Waals surface area contributed by atoms with Crippen molar-refractivity contribution < 1.29 is 4.74 Å². The zero-order valence-electron chi connectivity index (χ0n) is 12.4. The van der Waals surface area contributed by atoms with Crippen molar-refractivity contribution in [1.82, 2.24) is 5.32 Å². The average Bonchev–Trinajstić information content (AvgIpc) is 2.34. The van der Waals surface area contributed by atoms with Crippen LogP contribution in [0.3, 0.4) is 0 Å². The van der Waals surface area contributed by atoms with Gasteiger partial charge in [0.2, 0.25) is 0 Å². The van der Waals surface area contributed by atoms with Gasteiger partial charge in [-0.15, -0.1) is 24.0 Å². The minimum absolute atomic E-state index is 0. The molecule has 114 valence electrons. The molecule has 0 atom stereocenters. The number of nitrogens with one attached hydrogen (secondary N) is 1. The summed E-state index contributed by atoms with van der Waals surface area (Å²) >= 11 is 0. The van der Waals surface area contributed by atoms with Gasteiger partial charge in [-0.1, -0.05) is 33.1 Å². The average molecular weight is 383 g/mol. The predicted molar refractivity (Wildman–Crippen MR) is 92.2 cm³/mol. The molecule has 0 aromatic heterocycles. The standard InChI is InChI=1S/C14H29N3O.HI/c1-12(2)8-10-18-11-9-16-14(15)17-13-6-4-3-5-7-13;/h12-13H,3-11H2,1-2H3,(H3,15,16,17);1H. The van der Waals surface area contributed by atoms with Crippen LogP contribution in [-0.2, 0) is 4.74 Å². The number of halogens is 1. The van der Waals surface area contributed by atoms with E-state index in [4.69, 9.17) is 10.5 Å². The molecule has 1 aliphatic carbocycles. The maximum absolute atomic E-state index is 5.85. The monoisotopic (exact) mass is 383 g/mol. The molecule has 5 heteroatoms. The quantitative estimate of drug-likeness (QED) is 0.308. The Bertz CT molecular complexity index is 241. The van der Waals surface area contributed by atoms with Crippen molar-refractivity contribution in [2.75, 3.05) is 19.8 Å². The number of guanidine groups is 1. The Morgan fingerprint density at radius 2 is 1.95 bits per heavy atom. The lowest BCUT2D eigenvalue weighted by Gasteiger charge is -2.23. The van der Waals surface area contributed by atoms with Gasteiger partial charge in [0.15, 0.2) is 5.96 Å². The molecule has 0 aromatic rings. The third kappa shape index (κ3) is 10.4. The van der Waals surface area contributed by atoms with Gasteiger partial charge in [0, 0.05) is 12.6 Å². The van der Waals surface area contributed by atoms with E-state index in [1.54, 1.807) is 0 Å². The molecule has 4 nitrogen and oxygen atoms in total. The number of hydrogen-bond donors (Lipinski definition) is 2. The molecule has 1 fully saturated rings. The third-order valence-corrected chi connectivity index (χ3v) is 3.31. The first-order valence-corrected chi connectivity index (χ1v) is 7.32. The Morgan fingerprint density at radius 3 is 2.58 bits per heavy atom. The second-order valence-corrected chi connectivity index (χ2v) is 5.54. The van der Waals surface area contributed by atoms with Gasteiger partial charge in [-0.05, 0) is 25.2 Å². The molecule has 0 saturated heterocycles. The first-order chi connectivity index (χ1) is 8.68. The van der Waals surface area contributed by atoms with Gasteiger partial charge in [-0.2, -0.15) is 0 Å². The van der Waals surface area contributed by atoms with Crippen LogP contribution in [0.1, 0.15) is 52.4 Å². The molecule has 0 aromatic carbocycles.